The van der Waals surface area contributed by atoms with Crippen LogP contribution in [0.25, 0.3) is 0 Å². The summed E-state index contributed by atoms with van der Waals surface area (Å²) in [7, 11) is 1.33. The molecule has 0 fully saturated rings. The lowest BCUT2D eigenvalue weighted by atomic mass is 10.2. The maximum atomic E-state index is 13.2. The summed E-state index contributed by atoms with van der Waals surface area (Å²) in [5.41, 5.74) is 0.245. The topological polar surface area (TPSA) is 35.5 Å². The van der Waals surface area contributed by atoms with E-state index in [4.69, 9.17) is 9.47 Å². The number of carbonyl (C=O) groups excluding carboxylic acids is 1. The van der Waals surface area contributed by atoms with Crippen molar-refractivity contribution >= 4 is 21.9 Å². The van der Waals surface area contributed by atoms with Crippen molar-refractivity contribution in [2.45, 2.75) is 6.92 Å². The highest BCUT2D eigenvalue weighted by Gasteiger charge is 2.17. The molecular formula is C10H10BrFO3. The first-order valence-electron chi connectivity index (χ1n) is 4.31. The second-order valence-electron chi connectivity index (χ2n) is 2.66. The number of benzene rings is 1. The molecule has 0 aliphatic rings. The minimum atomic E-state index is -0.530. The lowest BCUT2D eigenvalue weighted by Crippen LogP contribution is -2.06. The number of esters is 1. The van der Waals surface area contributed by atoms with Crippen LogP contribution in [0.4, 0.5) is 4.39 Å². The van der Waals surface area contributed by atoms with Gasteiger partial charge >= 0.3 is 5.97 Å². The van der Waals surface area contributed by atoms with Gasteiger partial charge in [-0.1, -0.05) is 0 Å². The van der Waals surface area contributed by atoms with Gasteiger partial charge in [0.25, 0.3) is 0 Å². The second kappa shape index (κ2) is 5.11. The van der Waals surface area contributed by atoms with E-state index in [9.17, 15) is 9.18 Å². The minimum absolute atomic E-state index is 0.000512. The molecule has 0 spiro atoms. The summed E-state index contributed by atoms with van der Waals surface area (Å²) in [6, 6.07) is 2.51. The van der Waals surface area contributed by atoms with E-state index in [2.05, 4.69) is 15.9 Å². The van der Waals surface area contributed by atoms with Gasteiger partial charge in [0, 0.05) is 0 Å². The fourth-order valence-electron chi connectivity index (χ4n) is 1.09. The minimum Gasteiger partial charge on any atom is -0.492 e. The van der Waals surface area contributed by atoms with E-state index in [0.29, 0.717) is 0 Å². The van der Waals surface area contributed by atoms with Gasteiger partial charge in [0.05, 0.1) is 23.8 Å². The molecule has 0 amide bonds. The largest absolute Gasteiger partial charge is 0.492 e. The van der Waals surface area contributed by atoms with Crippen LogP contribution in [0.15, 0.2) is 16.6 Å². The fourth-order valence-corrected chi connectivity index (χ4v) is 1.73. The Morgan fingerprint density at radius 3 is 2.73 bits per heavy atom. The molecule has 82 valence electrons. The summed E-state index contributed by atoms with van der Waals surface area (Å²) in [6.07, 6.45) is 0. The zero-order valence-corrected chi connectivity index (χ0v) is 9.93. The first kappa shape index (κ1) is 12.0. The van der Waals surface area contributed by atoms with Crippen LogP contribution in [0.2, 0.25) is 0 Å². The number of hydrogen-bond acceptors (Lipinski definition) is 3. The number of rotatable bonds is 3. The van der Waals surface area contributed by atoms with Crippen molar-refractivity contribution in [1.29, 1.82) is 0 Å². The summed E-state index contributed by atoms with van der Waals surface area (Å²) in [5.74, 6) is -1.04. The maximum absolute atomic E-state index is 13.2. The van der Waals surface area contributed by atoms with Gasteiger partial charge in [-0.2, -0.15) is 0 Å². The van der Waals surface area contributed by atoms with Gasteiger partial charge in [-0.05, 0) is 35.0 Å². The van der Waals surface area contributed by atoms with E-state index in [1.165, 1.54) is 13.2 Å². The van der Waals surface area contributed by atoms with E-state index in [1.807, 2.05) is 0 Å². The molecule has 0 unspecified atom stereocenters. The molecule has 0 aliphatic heterocycles. The normalized spacial score (nSPS) is 9.87. The lowest BCUT2D eigenvalue weighted by molar-refractivity contribution is 0.0524. The fraction of sp³-hybridized carbons (Fsp3) is 0.300. The molecule has 5 heteroatoms. The molecule has 15 heavy (non-hydrogen) atoms. The predicted octanol–water partition coefficient (Wildman–Crippen LogP) is 2.77. The van der Waals surface area contributed by atoms with Crippen molar-refractivity contribution in [2.75, 3.05) is 13.7 Å². The third kappa shape index (κ3) is 2.47. The Balaban J connectivity index is 3.15. The Kier molecular flexibility index (Phi) is 4.08. The van der Waals surface area contributed by atoms with Gasteiger partial charge in [0.15, 0.2) is 11.6 Å². The lowest BCUT2D eigenvalue weighted by Gasteiger charge is -2.08. The molecule has 1 aromatic rings. The second-order valence-corrected chi connectivity index (χ2v) is 3.46. The number of ether oxygens (including phenoxy) is 2. The molecule has 3 nitrogen and oxygen atoms in total. The smallest absolute Gasteiger partial charge is 0.339 e. The third-order valence-electron chi connectivity index (χ3n) is 1.75. The van der Waals surface area contributed by atoms with E-state index < -0.39 is 11.8 Å². The molecule has 0 aromatic heterocycles. The van der Waals surface area contributed by atoms with Gasteiger partial charge < -0.3 is 9.47 Å². The van der Waals surface area contributed by atoms with Crippen molar-refractivity contribution in [3.63, 3.8) is 0 Å². The van der Waals surface area contributed by atoms with Crippen molar-refractivity contribution in [1.82, 2.24) is 0 Å². The monoisotopic (exact) mass is 276 g/mol. The van der Waals surface area contributed by atoms with Crippen molar-refractivity contribution < 1.29 is 18.7 Å². The van der Waals surface area contributed by atoms with Crippen molar-refractivity contribution in [3.05, 3.63) is 28.0 Å². The van der Waals surface area contributed by atoms with Crippen molar-refractivity contribution in [2.24, 2.45) is 0 Å². The highest BCUT2D eigenvalue weighted by atomic mass is 79.9. The Labute approximate surface area is 95.3 Å². The zero-order valence-electron chi connectivity index (χ0n) is 8.34. The maximum Gasteiger partial charge on any atom is 0.339 e. The molecular weight excluding hydrogens is 267 g/mol. The molecule has 0 atom stereocenters. The Hall–Kier alpha value is -1.10. The van der Waals surface area contributed by atoms with Crippen molar-refractivity contribution in [3.8, 4) is 5.75 Å². The Bertz CT molecular complexity index is 379. The van der Waals surface area contributed by atoms with Crippen LogP contribution < -0.4 is 4.74 Å². The van der Waals surface area contributed by atoms with Gasteiger partial charge in [-0.3, -0.25) is 0 Å². The molecule has 0 saturated carbocycles. The van der Waals surface area contributed by atoms with Crippen LogP contribution in [0.5, 0.6) is 5.75 Å². The summed E-state index contributed by atoms with van der Waals surface area (Å²) >= 11 is 3.10. The van der Waals surface area contributed by atoms with E-state index in [0.717, 1.165) is 6.07 Å². The first-order chi connectivity index (χ1) is 7.11. The molecule has 0 saturated heterocycles. The molecule has 0 bridgehead atoms. The van der Waals surface area contributed by atoms with E-state index >= 15 is 0 Å². The molecule has 1 aromatic carbocycles. The van der Waals surface area contributed by atoms with E-state index in [1.54, 1.807) is 6.92 Å². The number of carbonyl (C=O) groups is 1. The van der Waals surface area contributed by atoms with E-state index in [-0.39, 0.29) is 22.4 Å². The van der Waals surface area contributed by atoms with Gasteiger partial charge in [0.2, 0.25) is 0 Å². The highest BCUT2D eigenvalue weighted by Crippen LogP contribution is 2.31. The summed E-state index contributed by atoms with van der Waals surface area (Å²) in [5, 5.41) is 0. The molecule has 1 rings (SSSR count). The quantitative estimate of drug-likeness (QED) is 0.797. The van der Waals surface area contributed by atoms with Gasteiger partial charge in [-0.15, -0.1) is 0 Å². The average molecular weight is 277 g/mol. The Morgan fingerprint density at radius 1 is 1.53 bits per heavy atom. The molecule has 0 N–H and O–H groups in total. The predicted molar refractivity (Wildman–Crippen MR) is 56.6 cm³/mol. The van der Waals surface area contributed by atoms with Gasteiger partial charge in [-0.25, -0.2) is 9.18 Å². The van der Waals surface area contributed by atoms with Crippen LogP contribution in [0, 0.1) is 5.82 Å². The summed E-state index contributed by atoms with van der Waals surface area (Å²) in [4.78, 5) is 11.4. The molecule has 0 aliphatic carbocycles. The van der Waals surface area contributed by atoms with Crippen LogP contribution in [-0.4, -0.2) is 19.7 Å². The summed E-state index contributed by atoms with van der Waals surface area (Å²) in [6.45, 7) is 1.97. The van der Waals surface area contributed by atoms with Gasteiger partial charge in [0.1, 0.15) is 0 Å². The molecule has 0 heterocycles. The first-order valence-corrected chi connectivity index (χ1v) is 5.10. The standard InChI is InChI=1S/C10H10BrFO3/c1-3-15-10(13)6-4-5-7(12)9(14-2)8(6)11/h4-5H,3H2,1-2H3. The van der Waals surface area contributed by atoms with Crippen LogP contribution in [0.3, 0.4) is 0 Å². The summed E-state index contributed by atoms with van der Waals surface area (Å²) < 4.78 is 23.1. The highest BCUT2D eigenvalue weighted by molar-refractivity contribution is 9.10. The third-order valence-corrected chi connectivity index (χ3v) is 2.54. The average Bonchev–Trinajstić information content (AvgIpc) is 2.18. The zero-order chi connectivity index (χ0) is 11.4. The number of hydrogen-bond donors (Lipinski definition) is 0. The Morgan fingerprint density at radius 2 is 2.20 bits per heavy atom. The number of halogens is 2. The van der Waals surface area contributed by atoms with Crippen LogP contribution >= 0.6 is 15.9 Å². The van der Waals surface area contributed by atoms with Crippen LogP contribution in [-0.2, 0) is 4.74 Å². The number of methoxy groups -OCH3 is 1. The molecule has 0 radical (unpaired) electrons. The SMILES string of the molecule is CCOC(=O)c1ccc(F)c(OC)c1Br. The van der Waals surface area contributed by atoms with Crippen LogP contribution in [0.1, 0.15) is 17.3 Å².